The van der Waals surface area contributed by atoms with Crippen LogP contribution in [0.2, 0.25) is 0 Å². The van der Waals surface area contributed by atoms with E-state index in [1.807, 2.05) is 12.1 Å². The van der Waals surface area contributed by atoms with Crippen molar-refractivity contribution < 1.29 is 5.11 Å². The van der Waals surface area contributed by atoms with Gasteiger partial charge >= 0.3 is 0 Å². The SMILES string of the molecule is CC/C=C\CC(C)c1c(C)cc(O)cc1C. The van der Waals surface area contributed by atoms with Crippen molar-refractivity contribution in [3.63, 3.8) is 0 Å². The molecule has 0 heterocycles. The number of aromatic hydroxyl groups is 1. The van der Waals surface area contributed by atoms with Gasteiger partial charge < -0.3 is 5.11 Å². The maximum Gasteiger partial charge on any atom is 0.116 e. The van der Waals surface area contributed by atoms with Gasteiger partial charge in [-0.3, -0.25) is 0 Å². The lowest BCUT2D eigenvalue weighted by molar-refractivity contribution is 0.474. The lowest BCUT2D eigenvalue weighted by Gasteiger charge is -2.16. The van der Waals surface area contributed by atoms with Crippen molar-refractivity contribution in [3.05, 3.63) is 41.0 Å². The molecule has 1 rings (SSSR count). The Hall–Kier alpha value is -1.24. The van der Waals surface area contributed by atoms with Crippen LogP contribution in [0.5, 0.6) is 5.75 Å². The highest BCUT2D eigenvalue weighted by molar-refractivity contribution is 5.42. The highest BCUT2D eigenvalue weighted by Crippen LogP contribution is 2.29. The van der Waals surface area contributed by atoms with Crippen molar-refractivity contribution in [2.45, 2.75) is 46.5 Å². The highest BCUT2D eigenvalue weighted by Gasteiger charge is 2.11. The Bertz CT molecular complexity index is 354. The second-order valence-corrected chi connectivity index (χ2v) is 4.51. The first-order valence-electron chi connectivity index (χ1n) is 6.01. The number of phenolic OH excluding ortho intramolecular Hbond substituents is 1. The molecule has 1 heteroatoms. The standard InChI is InChI=1S/C15H22O/c1-5-6-7-8-11(2)15-12(3)9-14(16)10-13(15)4/h6-7,9-11,16H,5,8H2,1-4H3/b7-6-. The Labute approximate surface area is 98.8 Å². The van der Waals surface area contributed by atoms with Crippen LogP contribution in [0.4, 0.5) is 0 Å². The molecule has 0 aliphatic rings. The van der Waals surface area contributed by atoms with Crippen LogP contribution in [-0.2, 0) is 0 Å². The zero-order valence-corrected chi connectivity index (χ0v) is 10.7. The van der Waals surface area contributed by atoms with Gasteiger partial charge in [0.15, 0.2) is 0 Å². The number of aryl methyl sites for hydroxylation is 2. The molecular formula is C15H22O. The zero-order valence-electron chi connectivity index (χ0n) is 10.7. The van der Waals surface area contributed by atoms with Crippen LogP contribution >= 0.6 is 0 Å². The van der Waals surface area contributed by atoms with Gasteiger partial charge in [0.1, 0.15) is 5.75 Å². The van der Waals surface area contributed by atoms with Crippen LogP contribution in [0.1, 0.15) is 49.3 Å². The minimum atomic E-state index is 0.370. The van der Waals surface area contributed by atoms with Crippen molar-refractivity contribution in [2.75, 3.05) is 0 Å². The van der Waals surface area contributed by atoms with E-state index in [2.05, 4.69) is 39.8 Å². The molecule has 0 aliphatic heterocycles. The second kappa shape index (κ2) is 5.74. The molecule has 0 spiro atoms. The third-order valence-corrected chi connectivity index (χ3v) is 2.96. The number of hydrogen-bond acceptors (Lipinski definition) is 1. The Morgan fingerprint density at radius 1 is 1.19 bits per heavy atom. The quantitative estimate of drug-likeness (QED) is 0.739. The lowest BCUT2D eigenvalue weighted by Crippen LogP contribution is -1.99. The Morgan fingerprint density at radius 2 is 1.75 bits per heavy atom. The molecule has 0 bridgehead atoms. The number of hydrogen-bond donors (Lipinski definition) is 1. The van der Waals surface area contributed by atoms with Gasteiger partial charge in [0, 0.05) is 0 Å². The van der Waals surface area contributed by atoms with Crippen molar-refractivity contribution in [3.8, 4) is 5.75 Å². The molecule has 0 aromatic heterocycles. The first-order chi connectivity index (χ1) is 7.56. The van der Waals surface area contributed by atoms with Crippen LogP contribution < -0.4 is 0 Å². The summed E-state index contributed by atoms with van der Waals surface area (Å²) in [6, 6.07) is 3.70. The summed E-state index contributed by atoms with van der Waals surface area (Å²) in [5, 5.41) is 9.50. The Kier molecular flexibility index (Phi) is 4.60. The van der Waals surface area contributed by atoms with Crippen LogP contribution in [0.15, 0.2) is 24.3 Å². The second-order valence-electron chi connectivity index (χ2n) is 4.51. The van der Waals surface area contributed by atoms with Crippen LogP contribution in [0.3, 0.4) is 0 Å². The van der Waals surface area contributed by atoms with Gasteiger partial charge in [-0.2, -0.15) is 0 Å². The molecule has 0 aliphatic carbocycles. The smallest absolute Gasteiger partial charge is 0.116 e. The van der Waals surface area contributed by atoms with Crippen molar-refractivity contribution in [2.24, 2.45) is 0 Å². The summed E-state index contributed by atoms with van der Waals surface area (Å²) in [5.41, 5.74) is 3.75. The molecular weight excluding hydrogens is 196 g/mol. The van der Waals surface area contributed by atoms with E-state index in [-0.39, 0.29) is 0 Å². The number of benzene rings is 1. The molecule has 0 fully saturated rings. The summed E-state index contributed by atoms with van der Waals surface area (Å²) < 4.78 is 0. The molecule has 1 unspecified atom stereocenters. The van der Waals surface area contributed by atoms with E-state index in [1.165, 1.54) is 16.7 Å². The first-order valence-corrected chi connectivity index (χ1v) is 6.01. The maximum absolute atomic E-state index is 9.50. The summed E-state index contributed by atoms with van der Waals surface area (Å²) in [4.78, 5) is 0. The fraction of sp³-hybridized carbons (Fsp3) is 0.467. The van der Waals surface area contributed by atoms with Crippen LogP contribution in [0, 0.1) is 13.8 Å². The molecule has 0 radical (unpaired) electrons. The van der Waals surface area contributed by atoms with Crippen molar-refractivity contribution in [1.82, 2.24) is 0 Å². The van der Waals surface area contributed by atoms with Crippen molar-refractivity contribution in [1.29, 1.82) is 0 Å². The molecule has 0 amide bonds. The molecule has 1 N–H and O–H groups in total. The maximum atomic E-state index is 9.50. The third kappa shape index (κ3) is 3.13. The van der Waals surface area contributed by atoms with Gasteiger partial charge in [0.2, 0.25) is 0 Å². The largest absolute Gasteiger partial charge is 0.508 e. The van der Waals surface area contributed by atoms with Gasteiger partial charge in [-0.1, -0.05) is 26.0 Å². The number of rotatable bonds is 4. The molecule has 1 aromatic carbocycles. The zero-order chi connectivity index (χ0) is 12.1. The normalized spacial score (nSPS) is 13.2. The molecule has 0 saturated heterocycles. The fourth-order valence-corrected chi connectivity index (χ4v) is 2.31. The molecule has 0 saturated carbocycles. The van der Waals surface area contributed by atoms with Gasteiger partial charge in [-0.25, -0.2) is 0 Å². The van der Waals surface area contributed by atoms with Crippen LogP contribution in [-0.4, -0.2) is 5.11 Å². The Balaban J connectivity index is 2.90. The fourth-order valence-electron chi connectivity index (χ4n) is 2.31. The van der Waals surface area contributed by atoms with E-state index in [0.717, 1.165) is 12.8 Å². The predicted molar refractivity (Wildman–Crippen MR) is 70.0 cm³/mol. The molecule has 1 nitrogen and oxygen atoms in total. The van der Waals surface area contributed by atoms with E-state index in [0.29, 0.717) is 11.7 Å². The van der Waals surface area contributed by atoms with Gasteiger partial charge in [-0.15, -0.1) is 0 Å². The summed E-state index contributed by atoms with van der Waals surface area (Å²) in [6.07, 6.45) is 6.62. The average Bonchev–Trinajstić information content (AvgIpc) is 2.16. The minimum absolute atomic E-state index is 0.370. The summed E-state index contributed by atoms with van der Waals surface area (Å²) in [6.45, 7) is 8.54. The monoisotopic (exact) mass is 218 g/mol. The lowest BCUT2D eigenvalue weighted by atomic mass is 9.89. The van der Waals surface area contributed by atoms with Gasteiger partial charge in [0.05, 0.1) is 0 Å². The van der Waals surface area contributed by atoms with E-state index < -0.39 is 0 Å². The Morgan fingerprint density at radius 3 is 2.25 bits per heavy atom. The predicted octanol–water partition coefficient (Wildman–Crippen LogP) is 4.47. The number of phenols is 1. The molecule has 16 heavy (non-hydrogen) atoms. The summed E-state index contributed by atoms with van der Waals surface area (Å²) in [5.74, 6) is 0.887. The van der Waals surface area contributed by atoms with E-state index in [1.54, 1.807) is 0 Å². The molecule has 1 aromatic rings. The van der Waals surface area contributed by atoms with E-state index in [9.17, 15) is 5.11 Å². The van der Waals surface area contributed by atoms with E-state index >= 15 is 0 Å². The van der Waals surface area contributed by atoms with Gasteiger partial charge in [-0.05, 0) is 61.4 Å². The summed E-state index contributed by atoms with van der Waals surface area (Å²) >= 11 is 0. The first kappa shape index (κ1) is 12.8. The van der Waals surface area contributed by atoms with Crippen molar-refractivity contribution >= 4 is 0 Å². The number of allylic oxidation sites excluding steroid dienone is 2. The average molecular weight is 218 g/mol. The molecule has 1 atom stereocenters. The third-order valence-electron chi connectivity index (χ3n) is 2.96. The van der Waals surface area contributed by atoms with E-state index in [4.69, 9.17) is 0 Å². The van der Waals surface area contributed by atoms with Crippen LogP contribution in [0.25, 0.3) is 0 Å². The molecule has 88 valence electrons. The van der Waals surface area contributed by atoms with Gasteiger partial charge in [0.25, 0.3) is 0 Å². The summed E-state index contributed by atoms with van der Waals surface area (Å²) in [7, 11) is 0. The highest BCUT2D eigenvalue weighted by atomic mass is 16.3. The minimum Gasteiger partial charge on any atom is -0.508 e. The topological polar surface area (TPSA) is 20.2 Å².